The van der Waals surface area contributed by atoms with E-state index in [1.807, 2.05) is 73.1 Å². The second kappa shape index (κ2) is 9.65. The zero-order valence-corrected chi connectivity index (χ0v) is 19.8. The number of aryl methyl sites for hydroxylation is 2. The molecule has 0 aliphatic heterocycles. The van der Waals surface area contributed by atoms with Crippen LogP contribution < -0.4 is 0 Å². The number of ether oxygens (including phenoxy) is 1. The molecule has 0 saturated carbocycles. The molecular formula is C27H25NO5S. The van der Waals surface area contributed by atoms with E-state index in [-0.39, 0.29) is 22.9 Å². The summed E-state index contributed by atoms with van der Waals surface area (Å²) in [5, 5.41) is 0.770. The monoisotopic (exact) mass is 475 g/mol. The first-order chi connectivity index (χ1) is 16.3. The normalized spacial score (nSPS) is 11.5. The number of carbonyl (C=O) groups is 2. The van der Waals surface area contributed by atoms with Crippen LogP contribution in [0.3, 0.4) is 0 Å². The van der Waals surface area contributed by atoms with Crippen LogP contribution in [-0.2, 0) is 26.4 Å². The molecule has 0 fully saturated rings. The molecule has 0 aliphatic rings. The quantitative estimate of drug-likeness (QED) is 0.271. The minimum atomic E-state index is -3.62. The maximum Gasteiger partial charge on any atom is 0.307 e. The molecular weight excluding hydrogens is 450 g/mol. The van der Waals surface area contributed by atoms with Crippen LogP contribution >= 0.6 is 0 Å². The van der Waals surface area contributed by atoms with Gasteiger partial charge in [0, 0.05) is 18.0 Å². The highest BCUT2D eigenvalue weighted by Crippen LogP contribution is 2.33. The van der Waals surface area contributed by atoms with Crippen molar-refractivity contribution in [3.63, 3.8) is 0 Å². The van der Waals surface area contributed by atoms with E-state index in [1.54, 1.807) is 12.1 Å². The van der Waals surface area contributed by atoms with Crippen LogP contribution in [0.5, 0.6) is 0 Å². The second-order valence-electron chi connectivity index (χ2n) is 8.13. The third-order valence-electron chi connectivity index (χ3n) is 5.75. The fourth-order valence-corrected chi connectivity index (χ4v) is 5.20. The smallest absolute Gasteiger partial charge is 0.307 e. The zero-order chi connectivity index (χ0) is 24.3. The molecule has 0 unspecified atom stereocenters. The van der Waals surface area contributed by atoms with Crippen molar-refractivity contribution in [2.75, 3.05) is 12.4 Å². The first kappa shape index (κ1) is 23.4. The van der Waals surface area contributed by atoms with Crippen molar-refractivity contribution in [2.24, 2.45) is 7.05 Å². The molecule has 3 aromatic carbocycles. The van der Waals surface area contributed by atoms with Gasteiger partial charge in [-0.15, -0.1) is 0 Å². The van der Waals surface area contributed by atoms with Crippen molar-refractivity contribution in [3.8, 4) is 11.3 Å². The molecule has 4 rings (SSSR count). The molecule has 0 atom stereocenters. The highest BCUT2D eigenvalue weighted by atomic mass is 32.2. The second-order valence-corrected chi connectivity index (χ2v) is 10.2. The van der Waals surface area contributed by atoms with E-state index in [9.17, 15) is 18.0 Å². The highest BCUT2D eigenvalue weighted by molar-refractivity contribution is 7.91. The molecule has 0 spiro atoms. The maximum atomic E-state index is 13.2. The van der Waals surface area contributed by atoms with Gasteiger partial charge in [0.25, 0.3) is 0 Å². The molecule has 0 radical (unpaired) electrons. The van der Waals surface area contributed by atoms with Gasteiger partial charge < -0.3 is 9.30 Å². The van der Waals surface area contributed by atoms with Gasteiger partial charge in [-0.05, 0) is 30.7 Å². The Morgan fingerprint density at radius 1 is 0.882 bits per heavy atom. The number of ketones is 1. The fraction of sp³-hybridized carbons (Fsp3) is 0.185. The number of hydrogen-bond acceptors (Lipinski definition) is 5. The topological polar surface area (TPSA) is 82.4 Å². The van der Waals surface area contributed by atoms with Crippen molar-refractivity contribution < 1.29 is 22.7 Å². The van der Waals surface area contributed by atoms with E-state index in [4.69, 9.17) is 4.74 Å². The van der Waals surface area contributed by atoms with Crippen molar-refractivity contribution in [1.29, 1.82) is 0 Å². The standard InChI is InChI=1S/C27H25NO5S/c1-19-12-14-21(15-13-19)34(31,32)17-16-25(30)33-18-24(29)26-22-10-6-7-11-23(22)28(2)27(26)20-8-4-3-5-9-20/h3-15H,16-18H2,1-2H3. The first-order valence-corrected chi connectivity index (χ1v) is 12.5. The van der Waals surface area contributed by atoms with Crippen molar-refractivity contribution in [1.82, 2.24) is 4.57 Å². The lowest BCUT2D eigenvalue weighted by Gasteiger charge is -2.09. The van der Waals surface area contributed by atoms with E-state index >= 15 is 0 Å². The summed E-state index contributed by atoms with van der Waals surface area (Å²) in [5.74, 6) is -1.46. The Morgan fingerprint density at radius 2 is 1.53 bits per heavy atom. The Morgan fingerprint density at radius 3 is 2.24 bits per heavy atom. The number of esters is 1. The zero-order valence-electron chi connectivity index (χ0n) is 19.0. The molecule has 1 aromatic heterocycles. The van der Waals surface area contributed by atoms with Crippen LogP contribution in [-0.4, -0.2) is 37.1 Å². The maximum absolute atomic E-state index is 13.2. The number of hydrogen-bond donors (Lipinski definition) is 0. The summed E-state index contributed by atoms with van der Waals surface area (Å²) < 4.78 is 32.1. The summed E-state index contributed by atoms with van der Waals surface area (Å²) in [6, 6.07) is 23.6. The molecule has 0 saturated heterocycles. The van der Waals surface area contributed by atoms with E-state index in [0.29, 0.717) is 5.56 Å². The fourth-order valence-electron chi connectivity index (χ4n) is 3.98. The number of rotatable bonds is 8. The number of benzene rings is 3. The van der Waals surface area contributed by atoms with Gasteiger partial charge in [0.2, 0.25) is 5.78 Å². The number of fused-ring (bicyclic) bond motifs is 1. The summed E-state index contributed by atoms with van der Waals surface area (Å²) in [4.78, 5) is 25.7. The highest BCUT2D eigenvalue weighted by Gasteiger charge is 2.23. The van der Waals surface area contributed by atoms with Gasteiger partial charge in [-0.2, -0.15) is 0 Å². The van der Waals surface area contributed by atoms with Crippen LogP contribution in [0.1, 0.15) is 22.3 Å². The lowest BCUT2D eigenvalue weighted by molar-refractivity contribution is -0.142. The Kier molecular flexibility index (Phi) is 6.65. The van der Waals surface area contributed by atoms with Gasteiger partial charge in [-0.3, -0.25) is 9.59 Å². The number of nitrogens with zero attached hydrogens (tertiary/aromatic N) is 1. The third kappa shape index (κ3) is 4.79. The molecule has 4 aromatic rings. The van der Waals surface area contributed by atoms with E-state index in [2.05, 4.69) is 0 Å². The van der Waals surface area contributed by atoms with E-state index in [1.165, 1.54) is 12.1 Å². The van der Waals surface area contributed by atoms with E-state index < -0.39 is 22.4 Å². The van der Waals surface area contributed by atoms with Crippen LogP contribution in [0.4, 0.5) is 0 Å². The molecule has 1 heterocycles. The van der Waals surface area contributed by atoms with Gasteiger partial charge in [-0.25, -0.2) is 8.42 Å². The van der Waals surface area contributed by atoms with Gasteiger partial charge in [0.05, 0.1) is 28.3 Å². The van der Waals surface area contributed by atoms with Crippen molar-refractivity contribution in [3.05, 3.63) is 90.0 Å². The number of carbonyl (C=O) groups excluding carboxylic acids is 2. The molecule has 0 bridgehead atoms. The number of sulfone groups is 1. The van der Waals surface area contributed by atoms with Crippen LogP contribution in [0.2, 0.25) is 0 Å². The Hall–Kier alpha value is -3.71. The van der Waals surface area contributed by atoms with Gasteiger partial charge in [0.15, 0.2) is 16.4 Å². The average molecular weight is 476 g/mol. The molecule has 34 heavy (non-hydrogen) atoms. The van der Waals surface area contributed by atoms with Gasteiger partial charge >= 0.3 is 5.97 Å². The minimum absolute atomic E-state index is 0.158. The molecule has 7 heteroatoms. The summed E-state index contributed by atoms with van der Waals surface area (Å²) in [6.07, 6.45) is -0.329. The lowest BCUT2D eigenvalue weighted by Crippen LogP contribution is -2.18. The molecule has 0 N–H and O–H groups in total. The number of aromatic nitrogens is 1. The number of Topliss-reactive ketones (excluding diaryl/α,β-unsaturated/α-hetero) is 1. The van der Waals surface area contributed by atoms with Crippen LogP contribution in [0.25, 0.3) is 22.2 Å². The van der Waals surface area contributed by atoms with Crippen LogP contribution in [0, 0.1) is 6.92 Å². The summed E-state index contributed by atoms with van der Waals surface area (Å²) in [5.41, 5.74) is 3.93. The van der Waals surface area contributed by atoms with Crippen LogP contribution in [0.15, 0.2) is 83.8 Å². The lowest BCUT2D eigenvalue weighted by atomic mass is 10.0. The molecule has 0 amide bonds. The van der Waals surface area contributed by atoms with Gasteiger partial charge in [0.1, 0.15) is 0 Å². The molecule has 0 aliphatic carbocycles. The third-order valence-corrected chi connectivity index (χ3v) is 7.48. The average Bonchev–Trinajstić information content (AvgIpc) is 3.14. The van der Waals surface area contributed by atoms with E-state index in [0.717, 1.165) is 27.7 Å². The largest absolute Gasteiger partial charge is 0.457 e. The van der Waals surface area contributed by atoms with Gasteiger partial charge in [-0.1, -0.05) is 66.2 Å². The Bertz CT molecular complexity index is 1450. The summed E-state index contributed by atoms with van der Waals surface area (Å²) >= 11 is 0. The Balaban J connectivity index is 1.50. The summed E-state index contributed by atoms with van der Waals surface area (Å²) in [7, 11) is -1.73. The van der Waals surface area contributed by atoms with Crippen molar-refractivity contribution >= 4 is 32.5 Å². The first-order valence-electron chi connectivity index (χ1n) is 10.9. The molecule has 174 valence electrons. The summed E-state index contributed by atoms with van der Waals surface area (Å²) in [6.45, 7) is 1.40. The Labute approximate surface area is 198 Å². The molecule has 6 nitrogen and oxygen atoms in total. The predicted octanol–water partition coefficient (Wildman–Crippen LogP) is 4.74. The predicted molar refractivity (Wildman–Crippen MR) is 131 cm³/mol. The minimum Gasteiger partial charge on any atom is -0.457 e. The van der Waals surface area contributed by atoms with Crippen molar-refractivity contribution in [2.45, 2.75) is 18.2 Å². The number of para-hydroxylation sites is 1. The SMILES string of the molecule is Cc1ccc(S(=O)(=O)CCC(=O)OCC(=O)c2c(-c3ccccc3)n(C)c3ccccc23)cc1.